The lowest BCUT2D eigenvalue weighted by Gasteiger charge is -1.94. The van der Waals surface area contributed by atoms with E-state index in [1.807, 2.05) is 12.3 Å². The van der Waals surface area contributed by atoms with Crippen molar-refractivity contribution in [2.24, 2.45) is 0 Å². The number of hydrogen-bond donors (Lipinski definition) is 2. The van der Waals surface area contributed by atoms with Crippen LogP contribution in [-0.4, -0.2) is 9.97 Å². The second-order valence-electron chi connectivity index (χ2n) is 3.18. The zero-order valence-electron chi connectivity index (χ0n) is 7.55. The fourth-order valence-electron chi connectivity index (χ4n) is 1.55. The Balaban J connectivity index is 2.64. The summed E-state index contributed by atoms with van der Waals surface area (Å²) < 4.78 is 0. The van der Waals surface area contributed by atoms with Crippen molar-refractivity contribution in [2.75, 3.05) is 0 Å². The maximum absolute atomic E-state index is 11.1. The molecule has 2 rings (SSSR count). The Morgan fingerprint density at radius 2 is 2.23 bits per heavy atom. The van der Waals surface area contributed by atoms with E-state index in [1.54, 1.807) is 0 Å². The minimum absolute atomic E-state index is 0.0375. The molecule has 0 amide bonds. The monoisotopic (exact) mass is 176 g/mol. The summed E-state index contributed by atoms with van der Waals surface area (Å²) in [4.78, 5) is 17.0. The van der Waals surface area contributed by atoms with Gasteiger partial charge in [0.15, 0.2) is 0 Å². The second-order valence-corrected chi connectivity index (χ2v) is 3.18. The van der Waals surface area contributed by atoms with Crippen LogP contribution in [-0.2, 0) is 6.42 Å². The fourth-order valence-corrected chi connectivity index (χ4v) is 1.55. The lowest BCUT2D eigenvalue weighted by Crippen LogP contribution is -2.02. The SMILES string of the molecule is CCCc1c[nH]c2ccc(=O)[nH]c12. The lowest BCUT2D eigenvalue weighted by atomic mass is 10.2. The molecule has 0 radical (unpaired) electrons. The van der Waals surface area contributed by atoms with Crippen molar-refractivity contribution in [2.45, 2.75) is 19.8 Å². The topological polar surface area (TPSA) is 48.6 Å². The molecule has 2 N–H and O–H groups in total. The summed E-state index contributed by atoms with van der Waals surface area (Å²) in [6.07, 6.45) is 4.05. The summed E-state index contributed by atoms with van der Waals surface area (Å²) in [5, 5.41) is 0. The molecule has 0 bridgehead atoms. The molecule has 0 aliphatic carbocycles. The minimum Gasteiger partial charge on any atom is -0.360 e. The molecule has 2 aromatic heterocycles. The molecule has 0 unspecified atom stereocenters. The van der Waals surface area contributed by atoms with Crippen LogP contribution in [0.15, 0.2) is 23.1 Å². The van der Waals surface area contributed by atoms with Crippen LogP contribution in [0.1, 0.15) is 18.9 Å². The average Bonchev–Trinajstić information content (AvgIpc) is 2.49. The number of H-pyrrole nitrogens is 2. The van der Waals surface area contributed by atoms with Crippen molar-refractivity contribution in [3.05, 3.63) is 34.2 Å². The zero-order chi connectivity index (χ0) is 9.26. The van der Waals surface area contributed by atoms with E-state index < -0.39 is 0 Å². The van der Waals surface area contributed by atoms with Gasteiger partial charge in [-0.05, 0) is 18.1 Å². The van der Waals surface area contributed by atoms with Gasteiger partial charge < -0.3 is 9.97 Å². The summed E-state index contributed by atoms with van der Waals surface area (Å²) in [5.41, 5.74) is 3.11. The van der Waals surface area contributed by atoms with Gasteiger partial charge >= 0.3 is 0 Å². The van der Waals surface area contributed by atoms with Crippen molar-refractivity contribution in [1.29, 1.82) is 0 Å². The van der Waals surface area contributed by atoms with E-state index in [-0.39, 0.29) is 5.56 Å². The molecule has 68 valence electrons. The summed E-state index contributed by atoms with van der Waals surface area (Å²) in [5.74, 6) is 0. The predicted molar refractivity (Wildman–Crippen MR) is 52.9 cm³/mol. The van der Waals surface area contributed by atoms with Crippen LogP contribution in [0.5, 0.6) is 0 Å². The van der Waals surface area contributed by atoms with Gasteiger partial charge in [-0.3, -0.25) is 4.79 Å². The fraction of sp³-hybridized carbons (Fsp3) is 0.300. The molecule has 0 fully saturated rings. The number of hydrogen-bond acceptors (Lipinski definition) is 1. The van der Waals surface area contributed by atoms with Crippen LogP contribution in [0, 0.1) is 0 Å². The van der Waals surface area contributed by atoms with E-state index in [4.69, 9.17) is 0 Å². The third-order valence-corrected chi connectivity index (χ3v) is 2.16. The maximum atomic E-state index is 11.1. The van der Waals surface area contributed by atoms with Crippen molar-refractivity contribution in [3.8, 4) is 0 Å². The number of nitrogens with one attached hydrogen (secondary N) is 2. The molecule has 0 aromatic carbocycles. The highest BCUT2D eigenvalue weighted by molar-refractivity contribution is 5.78. The Hall–Kier alpha value is -1.51. The van der Waals surface area contributed by atoms with Gasteiger partial charge in [-0.15, -0.1) is 0 Å². The highest BCUT2D eigenvalue weighted by Crippen LogP contribution is 2.14. The largest absolute Gasteiger partial charge is 0.360 e. The molecule has 0 saturated heterocycles. The van der Waals surface area contributed by atoms with Gasteiger partial charge in [-0.2, -0.15) is 0 Å². The predicted octanol–water partition coefficient (Wildman–Crippen LogP) is 1.81. The molecule has 0 atom stereocenters. The van der Waals surface area contributed by atoms with Gasteiger partial charge in [0, 0.05) is 12.3 Å². The molecule has 3 nitrogen and oxygen atoms in total. The Morgan fingerprint density at radius 3 is 3.00 bits per heavy atom. The van der Waals surface area contributed by atoms with Gasteiger partial charge in [0.05, 0.1) is 11.0 Å². The third kappa shape index (κ3) is 1.37. The summed E-state index contributed by atoms with van der Waals surface area (Å²) in [6.45, 7) is 2.12. The van der Waals surface area contributed by atoms with Crippen molar-refractivity contribution in [1.82, 2.24) is 9.97 Å². The second kappa shape index (κ2) is 3.09. The van der Waals surface area contributed by atoms with Crippen LogP contribution >= 0.6 is 0 Å². The standard InChI is InChI=1S/C10H12N2O/c1-2-3-7-6-11-8-4-5-9(13)12-10(7)8/h4-6,11H,2-3H2,1H3,(H,12,13). The van der Waals surface area contributed by atoms with Gasteiger partial charge in [-0.25, -0.2) is 0 Å². The number of pyridine rings is 1. The first-order valence-corrected chi connectivity index (χ1v) is 4.50. The number of rotatable bonds is 2. The van der Waals surface area contributed by atoms with Gasteiger partial charge in [0.2, 0.25) is 5.56 Å². The van der Waals surface area contributed by atoms with E-state index in [0.717, 1.165) is 23.9 Å². The summed E-state index contributed by atoms with van der Waals surface area (Å²) >= 11 is 0. The van der Waals surface area contributed by atoms with Gasteiger partial charge in [0.25, 0.3) is 0 Å². The number of fused-ring (bicyclic) bond motifs is 1. The first kappa shape index (κ1) is 8.10. The number of aryl methyl sites for hydroxylation is 1. The Morgan fingerprint density at radius 1 is 1.38 bits per heavy atom. The molecule has 0 aliphatic rings. The van der Waals surface area contributed by atoms with E-state index >= 15 is 0 Å². The van der Waals surface area contributed by atoms with Crippen molar-refractivity contribution >= 4 is 11.0 Å². The molecular formula is C10H12N2O. The normalized spacial score (nSPS) is 10.8. The Bertz CT molecular complexity index is 467. The van der Waals surface area contributed by atoms with Gasteiger partial charge in [0.1, 0.15) is 0 Å². The smallest absolute Gasteiger partial charge is 0.248 e. The van der Waals surface area contributed by atoms with Crippen LogP contribution < -0.4 is 5.56 Å². The Labute approximate surface area is 75.8 Å². The van der Waals surface area contributed by atoms with Crippen molar-refractivity contribution in [3.63, 3.8) is 0 Å². The first-order valence-electron chi connectivity index (χ1n) is 4.50. The first-order chi connectivity index (χ1) is 6.31. The van der Waals surface area contributed by atoms with E-state index in [0.29, 0.717) is 0 Å². The summed E-state index contributed by atoms with van der Waals surface area (Å²) in [7, 11) is 0. The molecule has 0 saturated carbocycles. The van der Waals surface area contributed by atoms with E-state index in [2.05, 4.69) is 16.9 Å². The maximum Gasteiger partial charge on any atom is 0.248 e. The van der Waals surface area contributed by atoms with E-state index in [9.17, 15) is 4.79 Å². The quantitative estimate of drug-likeness (QED) is 0.720. The molecule has 2 aromatic rings. The highest BCUT2D eigenvalue weighted by atomic mass is 16.1. The van der Waals surface area contributed by atoms with Crippen LogP contribution in [0.2, 0.25) is 0 Å². The average molecular weight is 176 g/mol. The highest BCUT2D eigenvalue weighted by Gasteiger charge is 2.02. The molecular weight excluding hydrogens is 164 g/mol. The molecule has 3 heteroatoms. The zero-order valence-corrected chi connectivity index (χ0v) is 7.55. The lowest BCUT2D eigenvalue weighted by molar-refractivity contribution is 0.926. The van der Waals surface area contributed by atoms with Crippen LogP contribution in [0.25, 0.3) is 11.0 Å². The molecule has 2 heterocycles. The molecule has 13 heavy (non-hydrogen) atoms. The van der Waals surface area contributed by atoms with E-state index in [1.165, 1.54) is 11.6 Å². The minimum atomic E-state index is -0.0375. The van der Waals surface area contributed by atoms with Gasteiger partial charge in [-0.1, -0.05) is 13.3 Å². The van der Waals surface area contributed by atoms with Crippen molar-refractivity contribution < 1.29 is 0 Å². The van der Waals surface area contributed by atoms with Crippen LogP contribution in [0.4, 0.5) is 0 Å². The summed E-state index contributed by atoms with van der Waals surface area (Å²) in [6, 6.07) is 3.35. The number of aromatic nitrogens is 2. The number of aromatic amines is 2. The Kier molecular flexibility index (Phi) is 1.93. The molecule has 0 spiro atoms. The van der Waals surface area contributed by atoms with Crippen LogP contribution in [0.3, 0.4) is 0 Å². The molecule has 0 aliphatic heterocycles. The third-order valence-electron chi connectivity index (χ3n) is 2.16.